The minimum absolute atomic E-state index is 0.00517. The molecule has 3 rings (SSSR count). The van der Waals surface area contributed by atoms with Gasteiger partial charge in [-0.3, -0.25) is 9.59 Å². The number of fused-ring (bicyclic) bond motifs is 1. The lowest BCUT2D eigenvalue weighted by atomic mass is 9.97. The fourth-order valence-corrected chi connectivity index (χ4v) is 3.64. The van der Waals surface area contributed by atoms with Crippen molar-refractivity contribution < 1.29 is 18.7 Å². The summed E-state index contributed by atoms with van der Waals surface area (Å²) in [6.07, 6.45) is 3.03. The van der Waals surface area contributed by atoms with E-state index in [-0.39, 0.29) is 30.2 Å². The van der Waals surface area contributed by atoms with E-state index in [2.05, 4.69) is 0 Å². The molecule has 0 saturated carbocycles. The molecule has 0 atom stereocenters. The first kappa shape index (κ1) is 16.7. The molecule has 0 N–H and O–H groups in total. The maximum absolute atomic E-state index is 14.2. The second-order valence-electron chi connectivity index (χ2n) is 6.45. The number of benzene rings is 1. The molecular weight excluding hydrogens is 311 g/mol. The number of hydrogen-bond donors (Lipinski definition) is 0. The van der Waals surface area contributed by atoms with Crippen molar-refractivity contribution in [2.45, 2.75) is 25.7 Å². The van der Waals surface area contributed by atoms with E-state index in [0.717, 1.165) is 18.4 Å². The van der Waals surface area contributed by atoms with Gasteiger partial charge in [0, 0.05) is 19.6 Å². The van der Waals surface area contributed by atoms with E-state index in [9.17, 15) is 14.0 Å². The van der Waals surface area contributed by atoms with Gasteiger partial charge in [0.15, 0.2) is 0 Å². The van der Waals surface area contributed by atoms with Gasteiger partial charge in [-0.05, 0) is 37.3 Å². The number of anilines is 1. The van der Waals surface area contributed by atoms with E-state index in [1.165, 1.54) is 13.2 Å². The van der Waals surface area contributed by atoms with Gasteiger partial charge in [0.05, 0.1) is 25.3 Å². The summed E-state index contributed by atoms with van der Waals surface area (Å²) in [5.41, 5.74) is 1.54. The molecule has 6 heteroatoms. The molecule has 1 saturated heterocycles. The molecule has 24 heavy (non-hydrogen) atoms. The van der Waals surface area contributed by atoms with Crippen LogP contribution >= 0.6 is 0 Å². The van der Waals surface area contributed by atoms with E-state index >= 15 is 0 Å². The minimum Gasteiger partial charge on any atom is -0.469 e. The van der Waals surface area contributed by atoms with Gasteiger partial charge in [-0.15, -0.1) is 0 Å². The predicted octanol–water partition coefficient (Wildman–Crippen LogP) is 1.99. The van der Waals surface area contributed by atoms with Crippen molar-refractivity contribution in [3.8, 4) is 0 Å². The number of likely N-dealkylation sites (tertiary alicyclic amines) is 1. The first-order valence-corrected chi connectivity index (χ1v) is 8.48. The van der Waals surface area contributed by atoms with Crippen molar-refractivity contribution in [1.29, 1.82) is 0 Å². The molecule has 0 unspecified atom stereocenters. The number of halogens is 1. The van der Waals surface area contributed by atoms with Gasteiger partial charge in [0.1, 0.15) is 5.82 Å². The van der Waals surface area contributed by atoms with Gasteiger partial charge in [-0.1, -0.05) is 12.1 Å². The Hall–Kier alpha value is -2.11. The Balaban J connectivity index is 1.62. The normalized spacial score (nSPS) is 18.2. The molecule has 1 aromatic rings. The van der Waals surface area contributed by atoms with Crippen LogP contribution in [0.1, 0.15) is 24.8 Å². The lowest BCUT2D eigenvalue weighted by Gasteiger charge is -2.35. The van der Waals surface area contributed by atoms with Crippen LogP contribution in [0.5, 0.6) is 0 Å². The maximum Gasteiger partial charge on any atom is 0.308 e. The lowest BCUT2D eigenvalue weighted by molar-refractivity contribution is -0.148. The van der Waals surface area contributed by atoms with Crippen molar-refractivity contribution in [3.05, 3.63) is 29.6 Å². The number of rotatable bonds is 3. The SMILES string of the molecule is COC(=O)C1CCN(C(=O)CN2CCCc3cccc(F)c32)CC1. The summed E-state index contributed by atoms with van der Waals surface area (Å²) in [5, 5.41) is 0. The molecule has 2 aliphatic heterocycles. The summed E-state index contributed by atoms with van der Waals surface area (Å²) in [7, 11) is 1.39. The molecular formula is C18H23FN2O3. The number of nitrogens with zero attached hydrogens (tertiary/aromatic N) is 2. The monoisotopic (exact) mass is 334 g/mol. The van der Waals surface area contributed by atoms with Crippen LogP contribution < -0.4 is 4.90 Å². The average molecular weight is 334 g/mol. The second-order valence-corrected chi connectivity index (χ2v) is 6.45. The Morgan fingerprint density at radius 1 is 1.25 bits per heavy atom. The maximum atomic E-state index is 14.2. The zero-order chi connectivity index (χ0) is 17.1. The fourth-order valence-electron chi connectivity index (χ4n) is 3.64. The van der Waals surface area contributed by atoms with Crippen molar-refractivity contribution >= 4 is 17.6 Å². The first-order chi connectivity index (χ1) is 11.6. The number of para-hydroxylation sites is 1. The summed E-state index contributed by atoms with van der Waals surface area (Å²) in [6, 6.07) is 5.09. The average Bonchev–Trinajstić information content (AvgIpc) is 2.61. The van der Waals surface area contributed by atoms with Crippen molar-refractivity contribution in [3.63, 3.8) is 0 Å². The predicted molar refractivity (Wildman–Crippen MR) is 88.3 cm³/mol. The number of carbonyl (C=O) groups is 2. The second kappa shape index (κ2) is 7.20. The molecule has 5 nitrogen and oxygen atoms in total. The summed E-state index contributed by atoms with van der Waals surface area (Å²) in [6.45, 7) is 1.99. The summed E-state index contributed by atoms with van der Waals surface area (Å²) >= 11 is 0. The highest BCUT2D eigenvalue weighted by atomic mass is 19.1. The number of hydrogen-bond acceptors (Lipinski definition) is 4. The molecule has 1 aromatic carbocycles. The van der Waals surface area contributed by atoms with Crippen molar-refractivity contribution in [1.82, 2.24) is 4.90 Å². The molecule has 1 amide bonds. The van der Waals surface area contributed by atoms with E-state index in [1.54, 1.807) is 11.0 Å². The van der Waals surface area contributed by atoms with Gasteiger partial charge in [-0.25, -0.2) is 4.39 Å². The van der Waals surface area contributed by atoms with Crippen molar-refractivity contribution in [2.75, 3.05) is 38.2 Å². The largest absolute Gasteiger partial charge is 0.469 e. The first-order valence-electron chi connectivity index (χ1n) is 8.48. The number of esters is 1. The van der Waals surface area contributed by atoms with Crippen molar-refractivity contribution in [2.24, 2.45) is 5.92 Å². The summed E-state index contributed by atoms with van der Waals surface area (Å²) in [4.78, 5) is 27.8. The van der Waals surface area contributed by atoms with Crippen LogP contribution in [0.4, 0.5) is 10.1 Å². The van der Waals surface area contributed by atoms with Gasteiger partial charge >= 0.3 is 5.97 Å². The third-order valence-corrected chi connectivity index (χ3v) is 4.97. The summed E-state index contributed by atoms with van der Waals surface area (Å²) in [5.74, 6) is -0.583. The van der Waals surface area contributed by atoms with E-state index in [4.69, 9.17) is 4.74 Å². The van der Waals surface area contributed by atoms with Gasteiger partial charge in [0.25, 0.3) is 0 Å². The Bertz CT molecular complexity index is 627. The van der Waals surface area contributed by atoms with E-state index < -0.39 is 0 Å². The smallest absolute Gasteiger partial charge is 0.308 e. The quantitative estimate of drug-likeness (QED) is 0.793. The summed E-state index contributed by atoms with van der Waals surface area (Å²) < 4.78 is 18.9. The molecule has 0 bridgehead atoms. The third kappa shape index (κ3) is 3.37. The Morgan fingerprint density at radius 3 is 2.71 bits per heavy atom. The molecule has 0 spiro atoms. The number of amides is 1. The van der Waals surface area contributed by atoms with Crippen LogP contribution in [-0.2, 0) is 20.7 Å². The van der Waals surface area contributed by atoms with E-state index in [1.807, 2.05) is 11.0 Å². The standard InChI is InChI=1S/C18H23FN2O3/c1-24-18(23)14-7-10-20(11-8-14)16(22)12-21-9-3-5-13-4-2-6-15(19)17(13)21/h2,4,6,14H,3,5,7-12H2,1H3. The Kier molecular flexibility index (Phi) is 5.02. The van der Waals surface area contributed by atoms with Gasteiger partial charge in [0.2, 0.25) is 5.91 Å². The number of aryl methyl sites for hydroxylation is 1. The number of piperidine rings is 1. The van der Waals surface area contributed by atoms with Gasteiger partial charge in [-0.2, -0.15) is 0 Å². The molecule has 0 radical (unpaired) electrons. The highest BCUT2D eigenvalue weighted by Crippen LogP contribution is 2.30. The number of methoxy groups -OCH3 is 1. The fraction of sp³-hybridized carbons (Fsp3) is 0.556. The molecule has 0 aromatic heterocycles. The Morgan fingerprint density at radius 2 is 2.00 bits per heavy atom. The zero-order valence-electron chi connectivity index (χ0n) is 14.0. The van der Waals surface area contributed by atoms with Crippen LogP contribution in [0.2, 0.25) is 0 Å². The molecule has 0 aliphatic carbocycles. The van der Waals surface area contributed by atoms with E-state index in [0.29, 0.717) is 38.2 Å². The van der Waals surface area contributed by atoms with Crippen LogP contribution in [0.15, 0.2) is 18.2 Å². The zero-order valence-corrected chi connectivity index (χ0v) is 14.0. The molecule has 2 heterocycles. The molecule has 130 valence electrons. The molecule has 2 aliphatic rings. The lowest BCUT2D eigenvalue weighted by Crippen LogP contribution is -2.46. The third-order valence-electron chi connectivity index (χ3n) is 4.97. The highest BCUT2D eigenvalue weighted by molar-refractivity contribution is 5.82. The van der Waals surface area contributed by atoms with Crippen LogP contribution in [0.3, 0.4) is 0 Å². The van der Waals surface area contributed by atoms with Crippen LogP contribution in [-0.4, -0.2) is 50.1 Å². The highest BCUT2D eigenvalue weighted by Gasteiger charge is 2.29. The molecule has 1 fully saturated rings. The van der Waals surface area contributed by atoms with Crippen LogP contribution in [0, 0.1) is 11.7 Å². The topological polar surface area (TPSA) is 49.9 Å². The number of carbonyl (C=O) groups excluding carboxylic acids is 2. The Labute approximate surface area is 141 Å². The van der Waals surface area contributed by atoms with Crippen LogP contribution in [0.25, 0.3) is 0 Å². The van der Waals surface area contributed by atoms with Gasteiger partial charge < -0.3 is 14.5 Å². The minimum atomic E-state index is -0.260. The number of ether oxygens (including phenoxy) is 1.